The fourth-order valence-corrected chi connectivity index (χ4v) is 4.64. The van der Waals surface area contributed by atoms with Crippen molar-refractivity contribution in [1.29, 1.82) is 0 Å². The van der Waals surface area contributed by atoms with Crippen molar-refractivity contribution in [2.24, 2.45) is 0 Å². The number of aryl methyl sites for hydroxylation is 4. The maximum Gasteiger partial charge on any atom is 0.211 e. The Kier molecular flexibility index (Phi) is 3.72. The van der Waals surface area contributed by atoms with Gasteiger partial charge in [0.2, 0.25) is 9.84 Å². The second-order valence-electron chi connectivity index (χ2n) is 5.29. The third-order valence-electron chi connectivity index (χ3n) is 3.51. The van der Waals surface area contributed by atoms with E-state index in [1.165, 1.54) is 12.1 Å². The van der Waals surface area contributed by atoms with Crippen LogP contribution in [0.15, 0.2) is 34.1 Å². The maximum atomic E-state index is 12.9. The molecule has 0 aliphatic rings. The molecule has 0 aliphatic heterocycles. The number of rotatable bonds is 2. The van der Waals surface area contributed by atoms with E-state index in [1.807, 2.05) is 0 Å². The largest absolute Gasteiger partial charge is 0.508 e. The normalized spacial score (nSPS) is 11.6. The monoisotopic (exact) mass is 306 g/mol. The molecule has 0 spiro atoms. The molecule has 112 valence electrons. The minimum absolute atomic E-state index is 0.0223. The van der Waals surface area contributed by atoms with E-state index in [4.69, 9.17) is 0 Å². The number of benzene rings is 2. The molecule has 2 N–H and O–H groups in total. The topological polar surface area (TPSA) is 74.6 Å². The first-order valence-electron chi connectivity index (χ1n) is 6.50. The Bertz CT molecular complexity index is 797. The molecule has 0 saturated carbocycles. The molecule has 2 rings (SSSR count). The summed E-state index contributed by atoms with van der Waals surface area (Å²) < 4.78 is 25.9. The third-order valence-corrected chi connectivity index (χ3v) is 5.75. The lowest BCUT2D eigenvalue weighted by Crippen LogP contribution is -2.09. The average molecular weight is 306 g/mol. The molecule has 2 aromatic carbocycles. The van der Waals surface area contributed by atoms with E-state index in [0.717, 1.165) is 0 Å². The van der Waals surface area contributed by atoms with Crippen LogP contribution >= 0.6 is 0 Å². The summed E-state index contributed by atoms with van der Waals surface area (Å²) in [7, 11) is -3.86. The number of phenols is 2. The lowest BCUT2D eigenvalue weighted by Gasteiger charge is -2.15. The molecule has 0 aliphatic carbocycles. The van der Waals surface area contributed by atoms with Gasteiger partial charge in [0.1, 0.15) is 16.4 Å². The summed E-state index contributed by atoms with van der Waals surface area (Å²) in [6.07, 6.45) is 0. The van der Waals surface area contributed by atoms with Crippen molar-refractivity contribution >= 4 is 9.84 Å². The van der Waals surface area contributed by atoms with Crippen molar-refractivity contribution in [1.82, 2.24) is 0 Å². The molecule has 0 atom stereocenters. The standard InChI is InChI=1S/C16H18O4S/c1-9-5-6-10(2)16(14(9)18)21(19,20)15-11(3)7-13(17)8-12(15)4/h5-8,17-18H,1-4H3. The first-order chi connectivity index (χ1) is 9.66. The van der Waals surface area contributed by atoms with Gasteiger partial charge in [0.15, 0.2) is 0 Å². The fourth-order valence-electron chi connectivity index (χ4n) is 2.56. The van der Waals surface area contributed by atoms with Crippen LogP contribution in [0.1, 0.15) is 22.3 Å². The van der Waals surface area contributed by atoms with E-state index in [0.29, 0.717) is 22.3 Å². The van der Waals surface area contributed by atoms with Gasteiger partial charge in [-0.1, -0.05) is 12.1 Å². The highest BCUT2D eigenvalue weighted by molar-refractivity contribution is 7.91. The second kappa shape index (κ2) is 5.07. The van der Waals surface area contributed by atoms with Gasteiger partial charge >= 0.3 is 0 Å². The van der Waals surface area contributed by atoms with Crippen LogP contribution in [0.4, 0.5) is 0 Å². The summed E-state index contributed by atoms with van der Waals surface area (Å²) in [6, 6.07) is 6.16. The van der Waals surface area contributed by atoms with E-state index in [-0.39, 0.29) is 21.3 Å². The Labute approximate surface area is 124 Å². The molecule has 2 aromatic rings. The van der Waals surface area contributed by atoms with Crippen LogP contribution in [0.3, 0.4) is 0 Å². The van der Waals surface area contributed by atoms with Crippen molar-refractivity contribution in [3.8, 4) is 11.5 Å². The molecule has 5 heteroatoms. The quantitative estimate of drug-likeness (QED) is 0.893. The smallest absolute Gasteiger partial charge is 0.211 e. The van der Waals surface area contributed by atoms with Crippen molar-refractivity contribution in [3.05, 3.63) is 46.5 Å². The number of sulfone groups is 1. The van der Waals surface area contributed by atoms with Crippen molar-refractivity contribution in [3.63, 3.8) is 0 Å². The summed E-state index contributed by atoms with van der Waals surface area (Å²) in [5.74, 6) is -0.198. The van der Waals surface area contributed by atoms with Crippen LogP contribution < -0.4 is 0 Å². The second-order valence-corrected chi connectivity index (χ2v) is 7.11. The molecule has 0 aromatic heterocycles. The average Bonchev–Trinajstić information content (AvgIpc) is 2.32. The van der Waals surface area contributed by atoms with Crippen molar-refractivity contribution < 1.29 is 18.6 Å². The Hall–Kier alpha value is -2.01. The molecular weight excluding hydrogens is 288 g/mol. The first kappa shape index (κ1) is 15.4. The van der Waals surface area contributed by atoms with Gasteiger partial charge in [-0.25, -0.2) is 8.42 Å². The van der Waals surface area contributed by atoms with Gasteiger partial charge in [0, 0.05) is 0 Å². The SMILES string of the molecule is Cc1ccc(C)c(S(=O)(=O)c2c(C)cc(O)cc2C)c1O. The van der Waals surface area contributed by atoms with Gasteiger partial charge in [0.25, 0.3) is 0 Å². The molecular formula is C16H18O4S. The summed E-state index contributed by atoms with van der Waals surface area (Å²) in [5.41, 5.74) is 1.90. The fraction of sp³-hybridized carbons (Fsp3) is 0.250. The molecule has 21 heavy (non-hydrogen) atoms. The summed E-state index contributed by atoms with van der Waals surface area (Å²) >= 11 is 0. The lowest BCUT2D eigenvalue weighted by atomic mass is 10.1. The van der Waals surface area contributed by atoms with Crippen LogP contribution in [0.2, 0.25) is 0 Å². The first-order valence-corrected chi connectivity index (χ1v) is 7.99. The zero-order valence-corrected chi connectivity index (χ0v) is 13.2. The molecule has 0 heterocycles. The molecule has 0 bridgehead atoms. The molecule has 0 unspecified atom stereocenters. The number of phenolic OH excluding ortho intramolecular Hbond substituents is 2. The molecule has 0 saturated heterocycles. The highest BCUT2D eigenvalue weighted by atomic mass is 32.2. The van der Waals surface area contributed by atoms with Gasteiger partial charge < -0.3 is 10.2 Å². The van der Waals surface area contributed by atoms with Crippen LogP contribution in [-0.2, 0) is 9.84 Å². The van der Waals surface area contributed by atoms with Gasteiger partial charge in [-0.15, -0.1) is 0 Å². The zero-order valence-electron chi connectivity index (χ0n) is 12.4. The minimum atomic E-state index is -3.86. The highest BCUT2D eigenvalue weighted by Crippen LogP contribution is 2.37. The van der Waals surface area contributed by atoms with Crippen molar-refractivity contribution in [2.45, 2.75) is 37.5 Å². The van der Waals surface area contributed by atoms with Gasteiger partial charge in [-0.3, -0.25) is 0 Å². The van der Waals surface area contributed by atoms with E-state index in [1.54, 1.807) is 39.8 Å². The van der Waals surface area contributed by atoms with E-state index < -0.39 is 9.84 Å². The number of hydrogen-bond acceptors (Lipinski definition) is 4. The summed E-state index contributed by atoms with van der Waals surface area (Å²) in [4.78, 5) is 0.0590. The van der Waals surface area contributed by atoms with Gasteiger partial charge in [-0.2, -0.15) is 0 Å². The van der Waals surface area contributed by atoms with Crippen LogP contribution in [0.5, 0.6) is 11.5 Å². The van der Waals surface area contributed by atoms with Crippen LogP contribution in [0.25, 0.3) is 0 Å². The molecule has 4 nitrogen and oxygen atoms in total. The van der Waals surface area contributed by atoms with Crippen LogP contribution in [-0.4, -0.2) is 18.6 Å². The lowest BCUT2D eigenvalue weighted by molar-refractivity contribution is 0.453. The van der Waals surface area contributed by atoms with E-state index in [9.17, 15) is 18.6 Å². The van der Waals surface area contributed by atoms with E-state index in [2.05, 4.69) is 0 Å². The van der Waals surface area contributed by atoms with E-state index >= 15 is 0 Å². The number of aromatic hydroxyl groups is 2. The molecule has 0 fully saturated rings. The zero-order chi connectivity index (χ0) is 15.9. The Morgan fingerprint density at radius 3 is 1.76 bits per heavy atom. The predicted octanol–water partition coefficient (Wildman–Crippen LogP) is 3.16. The van der Waals surface area contributed by atoms with Gasteiger partial charge in [0.05, 0.1) is 4.90 Å². The Morgan fingerprint density at radius 1 is 0.762 bits per heavy atom. The number of hydrogen-bond donors (Lipinski definition) is 2. The van der Waals surface area contributed by atoms with Gasteiger partial charge in [-0.05, 0) is 62.1 Å². The Morgan fingerprint density at radius 2 is 1.24 bits per heavy atom. The molecule has 0 amide bonds. The third kappa shape index (κ3) is 2.49. The van der Waals surface area contributed by atoms with Crippen LogP contribution in [0, 0.1) is 27.7 Å². The summed E-state index contributed by atoms with van der Waals surface area (Å²) in [6.45, 7) is 6.56. The van der Waals surface area contributed by atoms with Crippen molar-refractivity contribution in [2.75, 3.05) is 0 Å². The highest BCUT2D eigenvalue weighted by Gasteiger charge is 2.28. The predicted molar refractivity (Wildman–Crippen MR) is 80.6 cm³/mol. The summed E-state index contributed by atoms with van der Waals surface area (Å²) in [5, 5.41) is 19.7. The molecule has 0 radical (unpaired) electrons. The maximum absolute atomic E-state index is 12.9. The minimum Gasteiger partial charge on any atom is -0.508 e. The Balaban J connectivity index is 2.85.